The maximum Gasteiger partial charge on any atom is 0.177 e. The molecule has 0 saturated carbocycles. The van der Waals surface area contributed by atoms with Crippen molar-refractivity contribution in [1.29, 1.82) is 0 Å². The Kier molecular flexibility index (Phi) is 7.61. The van der Waals surface area contributed by atoms with Gasteiger partial charge in [-0.3, -0.25) is 0 Å². The van der Waals surface area contributed by atoms with Crippen molar-refractivity contribution in [2.75, 3.05) is 0 Å². The van der Waals surface area contributed by atoms with Gasteiger partial charge in [-0.15, -0.1) is 0 Å². The molecule has 0 aliphatic carbocycles. The first-order valence-electron chi connectivity index (χ1n) is 13.0. The Morgan fingerprint density at radius 3 is 1.18 bits per heavy atom. The van der Waals surface area contributed by atoms with Gasteiger partial charge in [0, 0.05) is 21.7 Å². The molecule has 0 bridgehead atoms. The molecule has 0 N–H and O–H groups in total. The van der Waals surface area contributed by atoms with Crippen LogP contribution < -0.4 is 15.9 Å². The van der Waals surface area contributed by atoms with E-state index >= 15 is 17.6 Å². The van der Waals surface area contributed by atoms with Crippen molar-refractivity contribution in [3.05, 3.63) is 144 Å². The zero-order valence-electron chi connectivity index (χ0n) is 22.4. The molecule has 1 heterocycles. The minimum atomic E-state index is -4.50. The number of hydrogen-bond donors (Lipinski definition) is 0. The number of rotatable bonds is 6. The van der Waals surface area contributed by atoms with Gasteiger partial charge in [-0.2, -0.15) is 0 Å². The second-order valence-corrected chi connectivity index (χ2v) is 12.3. The number of nitrogens with zero attached hydrogens (tertiary/aromatic N) is 3. The molecule has 11 heteroatoms. The molecule has 6 aromatic rings. The summed E-state index contributed by atoms with van der Waals surface area (Å²) in [6.45, 7) is 0. The van der Waals surface area contributed by atoms with Gasteiger partial charge in [0.15, 0.2) is 47.9 Å². The Hall–Kier alpha value is -5.08. The highest BCUT2D eigenvalue weighted by Gasteiger charge is 2.40. The molecule has 0 radical (unpaired) electrons. The topological polar surface area (TPSA) is 55.7 Å². The Balaban J connectivity index is 1.62. The summed E-state index contributed by atoms with van der Waals surface area (Å²) < 4.78 is 106. The molecule has 0 spiro atoms. The van der Waals surface area contributed by atoms with Crippen molar-refractivity contribution in [2.45, 2.75) is 0 Å². The Morgan fingerprint density at radius 1 is 0.432 bits per heavy atom. The smallest absolute Gasteiger partial charge is 0.177 e. The van der Waals surface area contributed by atoms with Crippen LogP contribution in [-0.2, 0) is 4.57 Å². The number of halogens is 6. The van der Waals surface area contributed by atoms with E-state index in [1.807, 2.05) is 0 Å². The van der Waals surface area contributed by atoms with E-state index in [-0.39, 0.29) is 33.4 Å². The van der Waals surface area contributed by atoms with Crippen LogP contribution in [0.4, 0.5) is 26.3 Å². The third-order valence-electron chi connectivity index (χ3n) is 6.86. The molecular formula is C33H18F6N3OP. The molecule has 1 aromatic heterocycles. The highest BCUT2D eigenvalue weighted by molar-refractivity contribution is 7.85. The standard InChI is InChI=1S/C33H18F6N3OP/c34-21-15-11-19(12-16-21)31-40-32(20-13-17-22(35)18-14-20)42-33(41-31)25-26(36)28(38)30(29(39)27(25)37)44(43,23-7-3-1-4-8-23)24-9-5-2-6-10-24/h1-18H. The van der Waals surface area contributed by atoms with Gasteiger partial charge in [-0.25, -0.2) is 41.3 Å². The first-order valence-corrected chi connectivity index (χ1v) is 14.7. The minimum Gasteiger partial charge on any atom is -0.308 e. The van der Waals surface area contributed by atoms with Gasteiger partial charge in [0.2, 0.25) is 0 Å². The lowest BCUT2D eigenvalue weighted by atomic mass is 10.1. The van der Waals surface area contributed by atoms with Gasteiger partial charge in [0.05, 0.1) is 10.9 Å². The second-order valence-electron chi connectivity index (χ2n) is 9.58. The summed E-state index contributed by atoms with van der Waals surface area (Å²) in [5.41, 5.74) is -0.894. The van der Waals surface area contributed by atoms with Crippen molar-refractivity contribution in [3.63, 3.8) is 0 Å². The zero-order chi connectivity index (χ0) is 31.0. The molecule has 5 aromatic carbocycles. The molecule has 0 aliphatic heterocycles. The molecule has 0 saturated heterocycles. The number of hydrogen-bond acceptors (Lipinski definition) is 4. The second kappa shape index (κ2) is 11.5. The quantitative estimate of drug-likeness (QED) is 0.112. The lowest BCUT2D eigenvalue weighted by Crippen LogP contribution is -2.31. The normalized spacial score (nSPS) is 11.5. The van der Waals surface area contributed by atoms with Crippen molar-refractivity contribution < 1.29 is 30.9 Å². The molecule has 0 aliphatic rings. The molecule has 0 amide bonds. The van der Waals surface area contributed by atoms with E-state index < -0.39 is 58.7 Å². The van der Waals surface area contributed by atoms with Crippen LogP contribution in [0.1, 0.15) is 0 Å². The Labute approximate surface area is 247 Å². The van der Waals surface area contributed by atoms with E-state index in [4.69, 9.17) is 0 Å². The van der Waals surface area contributed by atoms with Crippen LogP contribution in [0.25, 0.3) is 34.2 Å². The summed E-state index contributed by atoms with van der Waals surface area (Å²) in [5, 5.41) is -1.37. The van der Waals surface area contributed by atoms with Crippen LogP contribution in [0, 0.1) is 34.9 Å². The predicted molar refractivity (Wildman–Crippen MR) is 155 cm³/mol. The molecule has 4 nitrogen and oxygen atoms in total. The summed E-state index contributed by atoms with van der Waals surface area (Å²) in [4.78, 5) is 12.4. The van der Waals surface area contributed by atoms with Crippen molar-refractivity contribution in [3.8, 4) is 34.2 Å². The number of aromatic nitrogens is 3. The first-order chi connectivity index (χ1) is 21.2. The van der Waals surface area contributed by atoms with Crippen LogP contribution in [0.5, 0.6) is 0 Å². The van der Waals surface area contributed by atoms with Gasteiger partial charge >= 0.3 is 0 Å². The van der Waals surface area contributed by atoms with E-state index in [1.165, 1.54) is 72.8 Å². The van der Waals surface area contributed by atoms with Gasteiger partial charge in [-0.05, 0) is 48.5 Å². The average Bonchev–Trinajstić information content (AvgIpc) is 3.05. The zero-order valence-corrected chi connectivity index (χ0v) is 23.3. The maximum absolute atomic E-state index is 16.1. The fourth-order valence-corrected chi connectivity index (χ4v) is 7.47. The maximum atomic E-state index is 16.1. The SMILES string of the molecule is O=P(c1ccccc1)(c1ccccc1)c1c(F)c(F)c(-c2nc(-c3ccc(F)cc3)nc(-c3ccc(F)cc3)n2)c(F)c1F. The number of benzene rings is 5. The summed E-state index contributed by atoms with van der Waals surface area (Å²) in [7, 11) is -4.50. The van der Waals surface area contributed by atoms with Gasteiger partial charge in [-0.1, -0.05) is 60.7 Å². The minimum absolute atomic E-state index is 0.0482. The molecular weight excluding hydrogens is 599 g/mol. The molecule has 0 fully saturated rings. The molecule has 6 rings (SSSR count). The van der Waals surface area contributed by atoms with E-state index in [0.717, 1.165) is 24.3 Å². The van der Waals surface area contributed by atoms with Crippen LogP contribution in [0.15, 0.2) is 109 Å². The average molecular weight is 617 g/mol. The monoisotopic (exact) mass is 617 g/mol. The van der Waals surface area contributed by atoms with E-state index in [9.17, 15) is 13.3 Å². The fourth-order valence-electron chi connectivity index (χ4n) is 4.72. The van der Waals surface area contributed by atoms with Crippen molar-refractivity contribution in [1.82, 2.24) is 15.0 Å². The Bertz CT molecular complexity index is 1910. The van der Waals surface area contributed by atoms with Gasteiger partial charge < -0.3 is 4.57 Å². The van der Waals surface area contributed by atoms with E-state index in [0.29, 0.717) is 0 Å². The fraction of sp³-hybridized carbons (Fsp3) is 0. The lowest BCUT2D eigenvalue weighted by Gasteiger charge is -2.22. The van der Waals surface area contributed by atoms with E-state index in [2.05, 4.69) is 15.0 Å². The predicted octanol–water partition coefficient (Wildman–Crippen LogP) is 7.35. The summed E-state index contributed by atoms with van der Waals surface area (Å²) in [6, 6.07) is 24.1. The molecule has 0 atom stereocenters. The van der Waals surface area contributed by atoms with Crippen LogP contribution >= 0.6 is 7.14 Å². The third-order valence-corrected chi connectivity index (χ3v) is 9.93. The largest absolute Gasteiger partial charge is 0.308 e. The molecule has 0 unspecified atom stereocenters. The van der Waals surface area contributed by atoms with Crippen molar-refractivity contribution in [2.24, 2.45) is 0 Å². The molecule has 44 heavy (non-hydrogen) atoms. The van der Waals surface area contributed by atoms with Crippen LogP contribution in [0.3, 0.4) is 0 Å². The van der Waals surface area contributed by atoms with Crippen molar-refractivity contribution >= 4 is 23.1 Å². The lowest BCUT2D eigenvalue weighted by molar-refractivity contribution is 0.465. The highest BCUT2D eigenvalue weighted by Crippen LogP contribution is 2.46. The summed E-state index contributed by atoms with van der Waals surface area (Å²) in [5.74, 6) is -9.93. The van der Waals surface area contributed by atoms with Gasteiger partial charge in [0.1, 0.15) is 11.6 Å². The third kappa shape index (κ3) is 5.07. The van der Waals surface area contributed by atoms with E-state index in [1.54, 1.807) is 12.1 Å². The summed E-state index contributed by atoms with van der Waals surface area (Å²) >= 11 is 0. The highest BCUT2D eigenvalue weighted by atomic mass is 31.2. The molecule has 218 valence electrons. The van der Waals surface area contributed by atoms with Crippen LogP contribution in [-0.4, -0.2) is 15.0 Å². The summed E-state index contributed by atoms with van der Waals surface area (Å²) in [6.07, 6.45) is 0. The van der Waals surface area contributed by atoms with Gasteiger partial charge in [0.25, 0.3) is 0 Å². The first kappa shape index (κ1) is 29.0. The van der Waals surface area contributed by atoms with Crippen LogP contribution in [0.2, 0.25) is 0 Å². The Morgan fingerprint density at radius 2 is 0.795 bits per heavy atom.